The zero-order chi connectivity index (χ0) is 24.8. The van der Waals surface area contributed by atoms with Crippen LogP contribution in [0.2, 0.25) is 0 Å². The summed E-state index contributed by atoms with van der Waals surface area (Å²) in [6, 6.07) is 17.5. The summed E-state index contributed by atoms with van der Waals surface area (Å²) in [5.74, 6) is -0.283. The first-order chi connectivity index (χ1) is 16.1. The first kappa shape index (κ1) is 26.3. The van der Waals surface area contributed by atoms with Crippen molar-refractivity contribution in [3.05, 3.63) is 66.2 Å². The molecule has 1 amide bonds. The minimum atomic E-state index is -3.83. The molecule has 1 saturated heterocycles. The summed E-state index contributed by atoms with van der Waals surface area (Å²) in [6.07, 6.45) is 2.78. The van der Waals surface area contributed by atoms with Gasteiger partial charge >= 0.3 is 0 Å². The highest BCUT2D eigenvalue weighted by Gasteiger charge is 2.33. The van der Waals surface area contributed by atoms with Gasteiger partial charge < -0.3 is 4.90 Å². The molecular formula is C24H33N3O5S2. The molecule has 1 heterocycles. The number of hydrogen-bond acceptors (Lipinski definition) is 5. The van der Waals surface area contributed by atoms with E-state index in [0.29, 0.717) is 38.9 Å². The summed E-state index contributed by atoms with van der Waals surface area (Å²) < 4.78 is 53.0. The lowest BCUT2D eigenvalue weighted by atomic mass is 10.0. The van der Waals surface area contributed by atoms with Crippen molar-refractivity contribution in [2.45, 2.75) is 43.7 Å². The van der Waals surface area contributed by atoms with Crippen molar-refractivity contribution >= 4 is 26.0 Å². The van der Waals surface area contributed by atoms with E-state index in [1.807, 2.05) is 37.3 Å². The fraction of sp³-hybridized carbons (Fsp3) is 0.458. The van der Waals surface area contributed by atoms with E-state index in [-0.39, 0.29) is 29.9 Å². The Morgan fingerprint density at radius 1 is 0.941 bits per heavy atom. The van der Waals surface area contributed by atoms with E-state index in [4.69, 9.17) is 0 Å². The van der Waals surface area contributed by atoms with Gasteiger partial charge in [-0.05, 0) is 37.0 Å². The van der Waals surface area contributed by atoms with Crippen molar-refractivity contribution in [3.8, 4) is 0 Å². The van der Waals surface area contributed by atoms with Crippen LogP contribution in [0.3, 0.4) is 0 Å². The summed E-state index contributed by atoms with van der Waals surface area (Å²) in [5.41, 5.74) is 0.939. The van der Waals surface area contributed by atoms with Gasteiger partial charge in [-0.2, -0.15) is 4.31 Å². The van der Waals surface area contributed by atoms with Crippen LogP contribution >= 0.6 is 0 Å². The van der Waals surface area contributed by atoms with Crippen molar-refractivity contribution in [1.82, 2.24) is 13.5 Å². The van der Waals surface area contributed by atoms with Crippen LogP contribution in [0.15, 0.2) is 65.6 Å². The number of hydrogen-bond donors (Lipinski definition) is 0. The molecule has 0 aromatic heterocycles. The quantitative estimate of drug-likeness (QED) is 0.493. The van der Waals surface area contributed by atoms with Gasteiger partial charge in [0.2, 0.25) is 26.0 Å². The van der Waals surface area contributed by atoms with Crippen LogP contribution in [0.1, 0.15) is 31.7 Å². The Labute approximate surface area is 203 Å². The molecule has 1 aliphatic heterocycles. The van der Waals surface area contributed by atoms with Crippen LogP contribution in [-0.4, -0.2) is 74.7 Å². The monoisotopic (exact) mass is 507 g/mol. The number of sulfonamides is 2. The third kappa shape index (κ3) is 6.65. The summed E-state index contributed by atoms with van der Waals surface area (Å²) in [5, 5.41) is 0. The van der Waals surface area contributed by atoms with Crippen LogP contribution in [0.4, 0.5) is 0 Å². The molecule has 3 rings (SSSR count). The molecule has 1 aliphatic rings. The Balaban J connectivity index is 1.83. The van der Waals surface area contributed by atoms with Crippen molar-refractivity contribution in [2.24, 2.45) is 0 Å². The molecule has 10 heteroatoms. The van der Waals surface area contributed by atoms with Gasteiger partial charge in [-0.3, -0.25) is 4.79 Å². The maximum absolute atomic E-state index is 13.6. The van der Waals surface area contributed by atoms with Crippen LogP contribution in [0.25, 0.3) is 0 Å². The van der Waals surface area contributed by atoms with E-state index in [1.54, 1.807) is 23.1 Å². The Kier molecular flexibility index (Phi) is 8.86. The molecule has 0 radical (unpaired) electrons. The molecule has 0 bridgehead atoms. The molecule has 0 N–H and O–H groups in total. The zero-order valence-corrected chi connectivity index (χ0v) is 21.3. The smallest absolute Gasteiger partial charge is 0.243 e. The van der Waals surface area contributed by atoms with Gasteiger partial charge in [-0.25, -0.2) is 21.1 Å². The molecule has 0 spiro atoms. The lowest BCUT2D eigenvalue weighted by molar-refractivity contribution is -0.135. The number of piperidine rings is 1. The van der Waals surface area contributed by atoms with E-state index in [1.165, 1.54) is 27.0 Å². The maximum atomic E-state index is 13.6. The highest BCUT2D eigenvalue weighted by molar-refractivity contribution is 7.89. The highest BCUT2D eigenvalue weighted by Crippen LogP contribution is 2.22. The maximum Gasteiger partial charge on any atom is 0.243 e. The number of amides is 1. The van der Waals surface area contributed by atoms with Crippen molar-refractivity contribution in [1.29, 1.82) is 0 Å². The molecule has 0 saturated carbocycles. The van der Waals surface area contributed by atoms with Crippen molar-refractivity contribution < 1.29 is 21.6 Å². The molecule has 186 valence electrons. The Bertz CT molecular complexity index is 1150. The molecule has 34 heavy (non-hydrogen) atoms. The summed E-state index contributed by atoms with van der Waals surface area (Å²) in [6.45, 7) is 2.86. The third-order valence-corrected chi connectivity index (χ3v) is 9.18. The summed E-state index contributed by atoms with van der Waals surface area (Å²) in [7, 11) is -7.11. The number of nitrogens with zero attached hydrogens (tertiary/aromatic N) is 3. The number of carbonyl (C=O) groups is 1. The third-order valence-electron chi connectivity index (χ3n) is 6.01. The second kappa shape index (κ2) is 11.4. The Hall–Kier alpha value is -2.27. The molecule has 2 aromatic rings. The Morgan fingerprint density at radius 2 is 1.50 bits per heavy atom. The molecule has 0 atom stereocenters. The first-order valence-corrected chi connectivity index (χ1v) is 14.8. The van der Waals surface area contributed by atoms with Gasteiger partial charge in [-0.15, -0.1) is 0 Å². The standard InChI is InChI=1S/C24H33N3O5S2/c1-3-16-26(34(31,32)23-12-8-5-9-13-23)20-24(28)27(19-21-10-6-4-7-11-21)22-14-17-25(18-15-22)33(2,29)30/h4-13,22H,3,14-20H2,1-2H3. The van der Waals surface area contributed by atoms with Crippen LogP contribution < -0.4 is 0 Å². The number of rotatable bonds is 10. The second-order valence-corrected chi connectivity index (χ2v) is 12.5. The molecular weight excluding hydrogens is 474 g/mol. The van der Waals surface area contributed by atoms with Crippen LogP contribution in [0, 0.1) is 0 Å². The van der Waals surface area contributed by atoms with E-state index in [2.05, 4.69) is 0 Å². The fourth-order valence-electron chi connectivity index (χ4n) is 4.20. The largest absolute Gasteiger partial charge is 0.334 e. The van der Waals surface area contributed by atoms with Gasteiger partial charge in [0, 0.05) is 32.2 Å². The van der Waals surface area contributed by atoms with E-state index >= 15 is 0 Å². The highest BCUT2D eigenvalue weighted by atomic mass is 32.2. The minimum absolute atomic E-state index is 0.160. The minimum Gasteiger partial charge on any atom is -0.334 e. The predicted molar refractivity (Wildman–Crippen MR) is 132 cm³/mol. The van der Waals surface area contributed by atoms with E-state index in [0.717, 1.165) is 5.56 Å². The van der Waals surface area contributed by atoms with Gasteiger partial charge in [-0.1, -0.05) is 55.5 Å². The number of benzene rings is 2. The first-order valence-electron chi connectivity index (χ1n) is 11.5. The van der Waals surface area contributed by atoms with Crippen molar-refractivity contribution in [3.63, 3.8) is 0 Å². The van der Waals surface area contributed by atoms with E-state index in [9.17, 15) is 21.6 Å². The van der Waals surface area contributed by atoms with Crippen LogP contribution in [-0.2, 0) is 31.4 Å². The molecule has 2 aromatic carbocycles. The molecule has 0 unspecified atom stereocenters. The van der Waals surface area contributed by atoms with Crippen LogP contribution in [0.5, 0.6) is 0 Å². The van der Waals surface area contributed by atoms with Gasteiger partial charge in [0.15, 0.2) is 0 Å². The average molecular weight is 508 g/mol. The summed E-state index contributed by atoms with van der Waals surface area (Å²) in [4.78, 5) is 15.5. The Morgan fingerprint density at radius 3 is 2.03 bits per heavy atom. The molecule has 1 fully saturated rings. The summed E-state index contributed by atoms with van der Waals surface area (Å²) >= 11 is 0. The predicted octanol–water partition coefficient (Wildman–Crippen LogP) is 2.54. The van der Waals surface area contributed by atoms with Gasteiger partial charge in [0.1, 0.15) is 0 Å². The van der Waals surface area contributed by atoms with E-state index < -0.39 is 20.0 Å². The SMILES string of the molecule is CCCN(CC(=O)N(Cc1ccccc1)C1CCN(S(C)(=O)=O)CC1)S(=O)(=O)c1ccccc1. The molecule has 8 nitrogen and oxygen atoms in total. The lowest BCUT2D eigenvalue weighted by Crippen LogP contribution is -2.51. The fourth-order valence-corrected chi connectivity index (χ4v) is 6.58. The number of carbonyl (C=O) groups excluding carboxylic acids is 1. The van der Waals surface area contributed by atoms with Gasteiger partial charge in [0.05, 0.1) is 17.7 Å². The average Bonchev–Trinajstić information content (AvgIpc) is 2.83. The van der Waals surface area contributed by atoms with Crippen molar-refractivity contribution in [2.75, 3.05) is 32.4 Å². The normalized spacial score (nSPS) is 16.0. The lowest BCUT2D eigenvalue weighted by Gasteiger charge is -2.38. The molecule has 0 aliphatic carbocycles. The topological polar surface area (TPSA) is 95.1 Å². The second-order valence-electron chi connectivity index (χ2n) is 8.55. The zero-order valence-electron chi connectivity index (χ0n) is 19.7. The van der Waals surface area contributed by atoms with Gasteiger partial charge in [0.25, 0.3) is 0 Å².